The summed E-state index contributed by atoms with van der Waals surface area (Å²) in [5.41, 5.74) is -0.435. The minimum Gasteiger partial charge on any atom is -0.483 e. The third-order valence-corrected chi connectivity index (χ3v) is 5.62. The van der Waals surface area contributed by atoms with Crippen molar-refractivity contribution in [3.63, 3.8) is 0 Å². The smallest absolute Gasteiger partial charge is 0.290 e. The third kappa shape index (κ3) is 7.32. The van der Waals surface area contributed by atoms with Crippen LogP contribution in [0.4, 0.5) is 0 Å². The third-order valence-electron chi connectivity index (χ3n) is 5.62. The molecule has 1 aromatic heterocycles. The van der Waals surface area contributed by atoms with Crippen LogP contribution in [0, 0.1) is 11.3 Å². The van der Waals surface area contributed by atoms with Gasteiger partial charge < -0.3 is 30.2 Å². The van der Waals surface area contributed by atoms with Gasteiger partial charge in [-0.15, -0.1) is 0 Å². The summed E-state index contributed by atoms with van der Waals surface area (Å²) in [5.74, 6) is 0.856. The minimum absolute atomic E-state index is 0.0233. The molecule has 1 aromatic rings. The van der Waals surface area contributed by atoms with Gasteiger partial charge in [0.2, 0.25) is 11.8 Å². The first kappa shape index (κ1) is 24.8. The summed E-state index contributed by atoms with van der Waals surface area (Å²) in [4.78, 5) is 40.7. The van der Waals surface area contributed by atoms with E-state index in [0.717, 1.165) is 25.1 Å². The summed E-state index contributed by atoms with van der Waals surface area (Å²) >= 11 is 0. The Morgan fingerprint density at radius 2 is 2.16 bits per heavy atom. The largest absolute Gasteiger partial charge is 0.483 e. The predicted octanol–water partition coefficient (Wildman–Crippen LogP) is 0.886. The molecule has 3 rings (SSSR count). The van der Waals surface area contributed by atoms with Crippen LogP contribution in [0.25, 0.3) is 0 Å². The number of hydrogen-bond donors (Lipinski definition) is 4. The van der Waals surface area contributed by atoms with E-state index in [1.54, 1.807) is 12.4 Å². The van der Waals surface area contributed by atoms with E-state index in [2.05, 4.69) is 27.5 Å². The summed E-state index contributed by atoms with van der Waals surface area (Å²) in [6.07, 6.45) is 7.05. The van der Waals surface area contributed by atoms with Crippen molar-refractivity contribution in [1.29, 1.82) is 0 Å². The fourth-order valence-electron chi connectivity index (χ4n) is 3.75. The van der Waals surface area contributed by atoms with Crippen LogP contribution < -0.4 is 10.6 Å². The summed E-state index contributed by atoms with van der Waals surface area (Å²) in [5, 5.41) is 13.0. The number of hydrogen-bond acceptors (Lipinski definition) is 6. The van der Waals surface area contributed by atoms with Crippen LogP contribution in [-0.2, 0) is 30.3 Å². The lowest BCUT2D eigenvalue weighted by Crippen LogP contribution is -2.58. The average molecular weight is 439 g/mol. The van der Waals surface area contributed by atoms with E-state index < -0.39 is 5.41 Å². The van der Waals surface area contributed by atoms with Gasteiger partial charge in [0.15, 0.2) is 0 Å². The highest BCUT2D eigenvalue weighted by molar-refractivity contribution is 5.83. The number of aromatic amines is 1. The van der Waals surface area contributed by atoms with Gasteiger partial charge >= 0.3 is 0 Å². The molecule has 0 bridgehead atoms. The highest BCUT2D eigenvalue weighted by Crippen LogP contribution is 2.30. The number of carboxylic acid groups (broad SMARTS) is 1. The quantitative estimate of drug-likeness (QED) is 0.419. The molecule has 0 unspecified atom stereocenters. The molecule has 2 heterocycles. The first-order valence-electron chi connectivity index (χ1n) is 10.8. The first-order chi connectivity index (χ1) is 14.9. The monoisotopic (exact) mass is 438 g/mol. The van der Waals surface area contributed by atoms with Crippen LogP contribution in [0.5, 0.6) is 0 Å². The lowest BCUT2D eigenvalue weighted by Gasteiger charge is -2.41. The molecule has 2 amide bonds. The number of nitrogens with one attached hydrogen (secondary N) is 3. The Balaban J connectivity index is 0.00000107. The first-order valence-corrected chi connectivity index (χ1v) is 10.8. The number of amides is 2. The molecule has 1 saturated carbocycles. The van der Waals surface area contributed by atoms with E-state index in [1.807, 2.05) is 6.92 Å². The van der Waals surface area contributed by atoms with E-state index >= 15 is 0 Å². The molecule has 10 nitrogen and oxygen atoms in total. The van der Waals surface area contributed by atoms with Gasteiger partial charge in [0, 0.05) is 37.9 Å². The zero-order valence-corrected chi connectivity index (χ0v) is 18.3. The average Bonchev–Trinajstić information content (AvgIpc) is 3.25. The molecular formula is C21H34N4O6. The second-order valence-electron chi connectivity index (χ2n) is 8.23. The molecule has 174 valence electrons. The maximum Gasteiger partial charge on any atom is 0.290 e. The number of nitrogens with zero attached hydrogens (tertiary/aromatic N) is 1. The fraction of sp³-hybridized carbons (Fsp3) is 0.714. The highest BCUT2D eigenvalue weighted by atomic mass is 16.5. The van der Waals surface area contributed by atoms with Crippen LogP contribution in [0.3, 0.4) is 0 Å². The van der Waals surface area contributed by atoms with Gasteiger partial charge in [-0.1, -0.05) is 6.92 Å². The van der Waals surface area contributed by atoms with Crippen molar-refractivity contribution < 1.29 is 29.0 Å². The predicted molar refractivity (Wildman–Crippen MR) is 112 cm³/mol. The second-order valence-corrected chi connectivity index (χ2v) is 8.23. The number of aromatic nitrogens is 2. The summed E-state index contributed by atoms with van der Waals surface area (Å²) in [6.45, 7) is 5.85. The van der Waals surface area contributed by atoms with E-state index in [0.29, 0.717) is 39.2 Å². The van der Waals surface area contributed by atoms with Crippen molar-refractivity contribution in [2.24, 2.45) is 11.3 Å². The molecule has 4 N–H and O–H groups in total. The summed E-state index contributed by atoms with van der Waals surface area (Å²) in [6, 6.07) is -0.0522. The van der Waals surface area contributed by atoms with Crippen molar-refractivity contribution in [3.05, 3.63) is 18.2 Å². The van der Waals surface area contributed by atoms with Crippen LogP contribution in [0.1, 0.15) is 45.4 Å². The number of carbonyl (C=O) groups excluding carboxylic acids is 2. The normalized spacial score (nSPS) is 24.1. The van der Waals surface area contributed by atoms with Gasteiger partial charge in [0.25, 0.3) is 6.47 Å². The van der Waals surface area contributed by atoms with Gasteiger partial charge in [-0.2, -0.15) is 0 Å². The highest BCUT2D eigenvalue weighted by Gasteiger charge is 2.43. The minimum atomic E-state index is -0.435. The molecule has 0 aromatic carbocycles. The van der Waals surface area contributed by atoms with Crippen molar-refractivity contribution in [3.8, 4) is 0 Å². The Labute approximate surface area is 182 Å². The molecule has 10 heteroatoms. The van der Waals surface area contributed by atoms with Gasteiger partial charge in [-0.05, 0) is 32.6 Å². The van der Waals surface area contributed by atoms with Gasteiger partial charge in [-0.25, -0.2) is 4.98 Å². The number of carbonyl (C=O) groups is 3. The molecule has 3 atom stereocenters. The lowest BCUT2D eigenvalue weighted by atomic mass is 9.81. The zero-order valence-electron chi connectivity index (χ0n) is 18.3. The molecule has 31 heavy (non-hydrogen) atoms. The topological polar surface area (TPSA) is 143 Å². The molecule has 2 aliphatic rings. The number of rotatable bonds is 9. The summed E-state index contributed by atoms with van der Waals surface area (Å²) < 4.78 is 11.2. The Hall–Kier alpha value is -2.46. The molecule has 1 saturated heterocycles. The molecular weight excluding hydrogens is 404 g/mol. The van der Waals surface area contributed by atoms with Gasteiger partial charge in [0.1, 0.15) is 5.82 Å². The lowest BCUT2D eigenvalue weighted by molar-refractivity contribution is -0.160. The van der Waals surface area contributed by atoms with Crippen LogP contribution in [0.2, 0.25) is 0 Å². The Morgan fingerprint density at radius 3 is 2.74 bits per heavy atom. The van der Waals surface area contributed by atoms with E-state index in [-0.39, 0.29) is 36.4 Å². The second kappa shape index (κ2) is 12.4. The van der Waals surface area contributed by atoms with Crippen LogP contribution >= 0.6 is 0 Å². The molecule has 0 radical (unpaired) electrons. The van der Waals surface area contributed by atoms with E-state index in [9.17, 15) is 9.59 Å². The maximum atomic E-state index is 12.6. The fourth-order valence-corrected chi connectivity index (χ4v) is 3.75. The Kier molecular flexibility index (Phi) is 9.93. The van der Waals surface area contributed by atoms with Gasteiger partial charge in [-0.3, -0.25) is 14.4 Å². The standard InChI is InChI=1S/C20H32N4O4.CH2O2/c1-3-10-28-16-11-14(18(25)23-7-6-17-21-8-9-22-17)4-5-15(16)24-19(26)20(2)12-27-13-20;2-1-3/h8-9,14-16H,3-7,10-13H2,1-2H3,(H,21,22)(H,23,25)(H,24,26);1H,(H,2,3)/t14-,15+,16+;/m0./s1. The van der Waals surface area contributed by atoms with Crippen LogP contribution in [-0.4, -0.2) is 71.9 Å². The SMILES string of the molecule is CCCO[C@@H]1C[C@@H](C(=O)NCCc2ncc[nH]2)CC[C@H]1NC(=O)C1(C)COC1.O=CO. The molecule has 1 aliphatic carbocycles. The maximum absolute atomic E-state index is 12.6. The zero-order chi connectivity index (χ0) is 22.7. The van der Waals surface area contributed by atoms with Crippen molar-refractivity contribution >= 4 is 18.3 Å². The Morgan fingerprint density at radius 1 is 1.42 bits per heavy atom. The summed E-state index contributed by atoms with van der Waals surface area (Å²) in [7, 11) is 0. The Bertz CT molecular complexity index is 692. The van der Waals surface area contributed by atoms with Crippen molar-refractivity contribution in [2.75, 3.05) is 26.4 Å². The van der Waals surface area contributed by atoms with E-state index in [1.165, 1.54) is 0 Å². The van der Waals surface area contributed by atoms with Crippen molar-refractivity contribution in [1.82, 2.24) is 20.6 Å². The van der Waals surface area contributed by atoms with Gasteiger partial charge in [0.05, 0.1) is 30.8 Å². The number of ether oxygens (including phenoxy) is 2. The molecule has 1 aliphatic heterocycles. The van der Waals surface area contributed by atoms with Crippen molar-refractivity contribution in [2.45, 2.75) is 58.1 Å². The van der Waals surface area contributed by atoms with Crippen LogP contribution in [0.15, 0.2) is 12.4 Å². The van der Waals surface area contributed by atoms with E-state index in [4.69, 9.17) is 19.4 Å². The number of H-pyrrole nitrogens is 1. The molecule has 0 spiro atoms. The number of imidazole rings is 1. The molecule has 2 fully saturated rings.